The van der Waals surface area contributed by atoms with Crippen LogP contribution in [-0.2, 0) is 32.8 Å². The SMILES string of the molecule is CC(C)CN(Cc1ccccc1C(F)(F)F)S(=O)(=O)c1ccc(NC2CCN(S(C)(=O)=O)CC2)cc1. The summed E-state index contributed by atoms with van der Waals surface area (Å²) in [5, 5.41) is 3.30. The number of benzene rings is 2. The highest BCUT2D eigenvalue weighted by Gasteiger charge is 2.35. The lowest BCUT2D eigenvalue weighted by molar-refractivity contribution is -0.138. The molecule has 1 N–H and O–H groups in total. The van der Waals surface area contributed by atoms with Crippen LogP contribution < -0.4 is 5.32 Å². The molecular weight excluding hydrogens is 515 g/mol. The summed E-state index contributed by atoms with van der Waals surface area (Å²) < 4.78 is 93.2. The number of sulfonamides is 2. The number of alkyl halides is 3. The van der Waals surface area contributed by atoms with E-state index in [2.05, 4.69) is 5.32 Å². The first kappa shape index (κ1) is 28.4. The number of halogens is 3. The van der Waals surface area contributed by atoms with E-state index in [0.717, 1.165) is 10.4 Å². The van der Waals surface area contributed by atoms with E-state index in [1.807, 2.05) is 0 Å². The largest absolute Gasteiger partial charge is 0.416 e. The van der Waals surface area contributed by atoms with Crippen molar-refractivity contribution in [3.63, 3.8) is 0 Å². The van der Waals surface area contributed by atoms with Crippen LogP contribution in [-0.4, -0.2) is 57.4 Å². The summed E-state index contributed by atoms with van der Waals surface area (Å²) in [5.41, 5.74) is -0.270. The second-order valence-electron chi connectivity index (χ2n) is 9.45. The summed E-state index contributed by atoms with van der Waals surface area (Å²) in [6.45, 7) is 4.10. The Kier molecular flexibility index (Phi) is 8.74. The average Bonchev–Trinajstić information content (AvgIpc) is 2.78. The zero-order chi connectivity index (χ0) is 26.7. The maximum absolute atomic E-state index is 13.5. The van der Waals surface area contributed by atoms with E-state index in [9.17, 15) is 30.0 Å². The molecule has 0 saturated carbocycles. The van der Waals surface area contributed by atoms with Gasteiger partial charge in [-0.3, -0.25) is 0 Å². The molecule has 2 aromatic rings. The summed E-state index contributed by atoms with van der Waals surface area (Å²) >= 11 is 0. The second kappa shape index (κ2) is 11.1. The lowest BCUT2D eigenvalue weighted by Crippen LogP contribution is -2.41. The predicted molar refractivity (Wildman–Crippen MR) is 133 cm³/mol. The molecule has 0 aromatic heterocycles. The van der Waals surface area contributed by atoms with Gasteiger partial charge >= 0.3 is 6.18 Å². The molecule has 36 heavy (non-hydrogen) atoms. The number of nitrogens with zero attached hydrogens (tertiary/aromatic N) is 2. The molecular formula is C24H32F3N3O4S2. The first-order valence-corrected chi connectivity index (χ1v) is 14.9. The van der Waals surface area contributed by atoms with Gasteiger partial charge in [-0.15, -0.1) is 0 Å². The monoisotopic (exact) mass is 547 g/mol. The highest BCUT2D eigenvalue weighted by molar-refractivity contribution is 7.89. The number of hydrogen-bond donors (Lipinski definition) is 1. The number of piperidine rings is 1. The van der Waals surface area contributed by atoms with Gasteiger partial charge in [0.15, 0.2) is 0 Å². The van der Waals surface area contributed by atoms with E-state index in [-0.39, 0.29) is 29.0 Å². The van der Waals surface area contributed by atoms with Crippen molar-refractivity contribution >= 4 is 25.7 Å². The summed E-state index contributed by atoms with van der Waals surface area (Å²) in [6, 6.07) is 11.2. The van der Waals surface area contributed by atoms with Gasteiger partial charge in [0, 0.05) is 37.9 Å². The minimum Gasteiger partial charge on any atom is -0.382 e. The minimum absolute atomic E-state index is 0.00918. The number of nitrogens with one attached hydrogen (secondary N) is 1. The summed E-state index contributed by atoms with van der Waals surface area (Å²) in [7, 11) is -7.29. The third-order valence-corrected chi connectivity index (χ3v) is 9.15. The van der Waals surface area contributed by atoms with Crippen LogP contribution in [0.4, 0.5) is 18.9 Å². The molecule has 0 amide bonds. The van der Waals surface area contributed by atoms with Gasteiger partial charge in [-0.2, -0.15) is 17.5 Å². The van der Waals surface area contributed by atoms with E-state index in [1.165, 1.54) is 40.9 Å². The van der Waals surface area contributed by atoms with Crippen molar-refractivity contribution in [1.29, 1.82) is 0 Å². The fourth-order valence-corrected chi connectivity index (χ4v) is 6.68. The fraction of sp³-hybridized carbons (Fsp3) is 0.500. The molecule has 0 aliphatic carbocycles. The van der Waals surface area contributed by atoms with Gasteiger partial charge in [0.25, 0.3) is 0 Å². The maximum atomic E-state index is 13.5. The van der Waals surface area contributed by atoms with Gasteiger partial charge in [-0.25, -0.2) is 21.1 Å². The van der Waals surface area contributed by atoms with E-state index in [4.69, 9.17) is 0 Å². The Bertz CT molecular complexity index is 1240. The van der Waals surface area contributed by atoms with Crippen molar-refractivity contribution in [1.82, 2.24) is 8.61 Å². The van der Waals surface area contributed by atoms with Crippen LogP contribution in [0.2, 0.25) is 0 Å². The van der Waals surface area contributed by atoms with Crippen molar-refractivity contribution in [3.8, 4) is 0 Å². The van der Waals surface area contributed by atoms with Crippen LogP contribution >= 0.6 is 0 Å². The molecule has 0 bridgehead atoms. The lowest BCUT2D eigenvalue weighted by Gasteiger charge is -2.31. The third-order valence-electron chi connectivity index (χ3n) is 6.02. The summed E-state index contributed by atoms with van der Waals surface area (Å²) in [5.74, 6) is -0.100. The molecule has 1 aliphatic rings. The molecule has 200 valence electrons. The highest BCUT2D eigenvalue weighted by atomic mass is 32.2. The molecule has 1 aliphatic heterocycles. The zero-order valence-corrected chi connectivity index (χ0v) is 22.1. The first-order chi connectivity index (χ1) is 16.7. The Balaban J connectivity index is 1.77. The van der Waals surface area contributed by atoms with E-state index >= 15 is 0 Å². The van der Waals surface area contributed by atoms with Crippen molar-refractivity contribution in [2.45, 2.75) is 50.3 Å². The Morgan fingerprint density at radius 1 is 1.00 bits per heavy atom. The van der Waals surface area contributed by atoms with Gasteiger partial charge in [0.05, 0.1) is 16.7 Å². The molecule has 0 spiro atoms. The Labute approximate surface area is 211 Å². The molecule has 0 atom stereocenters. The van der Waals surface area contributed by atoms with Crippen LogP contribution in [0.3, 0.4) is 0 Å². The van der Waals surface area contributed by atoms with Gasteiger partial charge in [0.2, 0.25) is 20.0 Å². The molecule has 0 unspecified atom stereocenters. The van der Waals surface area contributed by atoms with Gasteiger partial charge in [0.1, 0.15) is 0 Å². The average molecular weight is 548 g/mol. The molecule has 1 heterocycles. The van der Waals surface area contributed by atoms with Crippen LogP contribution in [0.25, 0.3) is 0 Å². The van der Waals surface area contributed by atoms with Crippen molar-refractivity contribution < 1.29 is 30.0 Å². The Hall–Kier alpha value is -2.15. The van der Waals surface area contributed by atoms with Gasteiger partial charge in [-0.05, 0) is 54.7 Å². The summed E-state index contributed by atoms with van der Waals surface area (Å²) in [6.07, 6.45) is -2.17. The topological polar surface area (TPSA) is 86.8 Å². The Morgan fingerprint density at radius 2 is 1.58 bits per heavy atom. The number of anilines is 1. The summed E-state index contributed by atoms with van der Waals surface area (Å²) in [4.78, 5) is -0.00918. The van der Waals surface area contributed by atoms with E-state index in [0.29, 0.717) is 31.6 Å². The van der Waals surface area contributed by atoms with E-state index in [1.54, 1.807) is 26.0 Å². The first-order valence-electron chi connectivity index (χ1n) is 11.6. The maximum Gasteiger partial charge on any atom is 0.416 e. The van der Waals surface area contributed by atoms with Crippen LogP contribution in [0.1, 0.15) is 37.8 Å². The Morgan fingerprint density at radius 3 is 2.11 bits per heavy atom. The molecule has 3 rings (SSSR count). The normalized spacial score (nSPS) is 16.6. The molecule has 0 radical (unpaired) electrons. The molecule has 1 saturated heterocycles. The van der Waals surface area contributed by atoms with Crippen LogP contribution in [0.15, 0.2) is 53.4 Å². The van der Waals surface area contributed by atoms with Crippen LogP contribution in [0, 0.1) is 5.92 Å². The molecule has 2 aromatic carbocycles. The number of rotatable bonds is 9. The predicted octanol–water partition coefficient (Wildman–Crippen LogP) is 4.39. The second-order valence-corrected chi connectivity index (χ2v) is 13.4. The van der Waals surface area contributed by atoms with Gasteiger partial charge < -0.3 is 5.32 Å². The zero-order valence-electron chi connectivity index (χ0n) is 20.5. The van der Waals surface area contributed by atoms with Gasteiger partial charge in [-0.1, -0.05) is 32.0 Å². The molecule has 12 heteroatoms. The number of hydrogen-bond acceptors (Lipinski definition) is 5. The van der Waals surface area contributed by atoms with Crippen molar-refractivity contribution in [2.75, 3.05) is 31.2 Å². The molecule has 1 fully saturated rings. The smallest absolute Gasteiger partial charge is 0.382 e. The van der Waals surface area contributed by atoms with Crippen molar-refractivity contribution in [3.05, 3.63) is 59.7 Å². The standard InChI is InChI=1S/C24H32F3N3O4S2/c1-18(2)16-30(17-19-6-4-5-7-23(19)24(25,26)27)36(33,34)22-10-8-20(9-11-22)28-21-12-14-29(15-13-21)35(3,31)32/h4-11,18,21,28H,12-17H2,1-3H3. The van der Waals surface area contributed by atoms with E-state index < -0.39 is 38.3 Å². The quantitative estimate of drug-likeness (QED) is 0.503. The lowest BCUT2D eigenvalue weighted by atomic mass is 10.1. The van der Waals surface area contributed by atoms with Crippen LogP contribution in [0.5, 0.6) is 0 Å². The fourth-order valence-electron chi connectivity index (χ4n) is 4.22. The molecule has 7 nitrogen and oxygen atoms in total. The van der Waals surface area contributed by atoms with Crippen molar-refractivity contribution in [2.24, 2.45) is 5.92 Å². The highest BCUT2D eigenvalue weighted by Crippen LogP contribution is 2.33. The minimum atomic E-state index is -4.59. The third kappa shape index (κ3) is 7.21.